The first-order chi connectivity index (χ1) is 9.20. The van der Waals surface area contributed by atoms with Gasteiger partial charge in [0.2, 0.25) is 5.91 Å². The van der Waals surface area contributed by atoms with E-state index in [1.807, 2.05) is 6.07 Å². The molecule has 0 aromatic carbocycles. The number of carbonyl (C=O) groups is 1. The molecule has 0 aliphatic carbocycles. The monoisotopic (exact) mass is 396 g/mol. The fraction of sp³-hybridized carbons (Fsp3) is 0.538. The highest BCUT2D eigenvalue weighted by Crippen LogP contribution is 2.25. The molecule has 3 rings (SSSR count). The number of anilines is 1. The van der Waals surface area contributed by atoms with E-state index in [0.717, 1.165) is 42.5 Å². The van der Waals surface area contributed by atoms with Crippen molar-refractivity contribution in [1.29, 1.82) is 0 Å². The molecular formula is C13H19BrCl2N4O. The van der Waals surface area contributed by atoms with Gasteiger partial charge in [-0.2, -0.15) is 0 Å². The summed E-state index contributed by atoms with van der Waals surface area (Å²) in [5.74, 6) is 2.06. The van der Waals surface area contributed by atoms with Crippen LogP contribution in [0, 0.1) is 11.8 Å². The molecule has 0 saturated carbocycles. The van der Waals surface area contributed by atoms with E-state index < -0.39 is 0 Å². The van der Waals surface area contributed by atoms with Crippen LogP contribution < -0.4 is 10.6 Å². The average Bonchev–Trinajstić information content (AvgIpc) is 2.92. The second kappa shape index (κ2) is 8.29. The predicted octanol–water partition coefficient (Wildman–Crippen LogP) is 1.78. The van der Waals surface area contributed by atoms with Gasteiger partial charge in [0.05, 0.1) is 6.54 Å². The van der Waals surface area contributed by atoms with Crippen LogP contribution in [0.5, 0.6) is 0 Å². The molecule has 2 saturated heterocycles. The summed E-state index contributed by atoms with van der Waals surface area (Å²) < 4.78 is 0.908. The van der Waals surface area contributed by atoms with Gasteiger partial charge >= 0.3 is 0 Å². The Morgan fingerprint density at radius 1 is 1.33 bits per heavy atom. The fourth-order valence-electron chi connectivity index (χ4n) is 2.92. The molecule has 1 amide bonds. The number of amides is 1. The van der Waals surface area contributed by atoms with Crippen molar-refractivity contribution in [3.63, 3.8) is 0 Å². The number of hydrogen-bond donors (Lipinski definition) is 2. The minimum atomic E-state index is 0. The van der Waals surface area contributed by atoms with Crippen molar-refractivity contribution >= 4 is 52.5 Å². The first-order valence-corrected chi connectivity index (χ1v) is 7.34. The third-order valence-electron chi connectivity index (χ3n) is 3.83. The highest BCUT2D eigenvalue weighted by atomic mass is 79.9. The number of rotatable bonds is 3. The van der Waals surface area contributed by atoms with Crippen molar-refractivity contribution in [3.8, 4) is 0 Å². The largest absolute Gasteiger partial charge is 0.316 e. The molecule has 0 unspecified atom stereocenters. The SMILES string of the molecule is Cl.Cl.O=C(CN1C[C@H]2CNC[C@H]2C1)Nc1ccc(Br)cn1. The Kier molecular flexibility index (Phi) is 7.36. The van der Waals surface area contributed by atoms with Gasteiger partial charge in [-0.05, 0) is 53.0 Å². The third kappa shape index (κ3) is 4.79. The molecule has 8 heteroatoms. The van der Waals surface area contributed by atoms with Crippen LogP contribution in [0.15, 0.2) is 22.8 Å². The lowest BCUT2D eigenvalue weighted by molar-refractivity contribution is -0.117. The number of hydrogen-bond acceptors (Lipinski definition) is 4. The minimum absolute atomic E-state index is 0. The molecule has 2 aliphatic heterocycles. The summed E-state index contributed by atoms with van der Waals surface area (Å²) >= 11 is 3.32. The standard InChI is InChI=1S/C13H17BrN4O.2ClH/c14-11-1-2-12(16-5-11)17-13(19)8-18-6-9-3-15-4-10(9)7-18;;/h1-2,5,9-10,15H,3-4,6-8H2,(H,16,17,19);2*1H/t9-,10+;;. The molecule has 21 heavy (non-hydrogen) atoms. The number of halogens is 3. The van der Waals surface area contributed by atoms with E-state index in [-0.39, 0.29) is 30.7 Å². The summed E-state index contributed by atoms with van der Waals surface area (Å²) in [6.45, 7) is 4.70. The summed E-state index contributed by atoms with van der Waals surface area (Å²) in [7, 11) is 0. The molecule has 5 nitrogen and oxygen atoms in total. The second-order valence-corrected chi connectivity index (χ2v) is 6.20. The first-order valence-electron chi connectivity index (χ1n) is 6.55. The first kappa shape index (κ1) is 18.6. The zero-order chi connectivity index (χ0) is 13.2. The number of nitrogens with zero attached hydrogens (tertiary/aromatic N) is 2. The van der Waals surface area contributed by atoms with Crippen LogP contribution in [0.1, 0.15) is 0 Å². The van der Waals surface area contributed by atoms with Crippen molar-refractivity contribution in [2.75, 3.05) is 38.0 Å². The van der Waals surface area contributed by atoms with Crippen molar-refractivity contribution in [1.82, 2.24) is 15.2 Å². The Labute approximate surface area is 145 Å². The van der Waals surface area contributed by atoms with Gasteiger partial charge in [-0.15, -0.1) is 24.8 Å². The number of carbonyl (C=O) groups excluding carboxylic acids is 1. The van der Waals surface area contributed by atoms with E-state index in [1.54, 1.807) is 12.3 Å². The van der Waals surface area contributed by atoms with E-state index in [2.05, 4.69) is 36.4 Å². The van der Waals surface area contributed by atoms with Crippen LogP contribution in [0.25, 0.3) is 0 Å². The predicted molar refractivity (Wildman–Crippen MR) is 91.4 cm³/mol. The average molecular weight is 398 g/mol. The normalized spacial score (nSPS) is 23.9. The van der Waals surface area contributed by atoms with E-state index in [4.69, 9.17) is 0 Å². The Balaban J connectivity index is 0.00000110. The molecule has 2 N–H and O–H groups in total. The van der Waals surface area contributed by atoms with Crippen molar-refractivity contribution in [2.24, 2.45) is 11.8 Å². The smallest absolute Gasteiger partial charge is 0.239 e. The maximum atomic E-state index is 12.0. The Bertz CT molecular complexity index is 462. The number of fused-ring (bicyclic) bond motifs is 1. The highest BCUT2D eigenvalue weighted by molar-refractivity contribution is 9.10. The molecule has 0 spiro atoms. The van der Waals surface area contributed by atoms with Crippen LogP contribution in [0.3, 0.4) is 0 Å². The van der Waals surface area contributed by atoms with Crippen molar-refractivity contribution in [2.45, 2.75) is 0 Å². The topological polar surface area (TPSA) is 57.3 Å². The molecule has 0 radical (unpaired) electrons. The number of likely N-dealkylation sites (tertiary alicyclic amines) is 1. The van der Waals surface area contributed by atoms with Gasteiger partial charge in [0.15, 0.2) is 0 Å². The van der Waals surface area contributed by atoms with Crippen LogP contribution in [0.2, 0.25) is 0 Å². The lowest BCUT2D eigenvalue weighted by atomic mass is 10.0. The van der Waals surface area contributed by atoms with Gasteiger partial charge in [0.1, 0.15) is 5.82 Å². The molecule has 1 aromatic heterocycles. The Hall–Kier alpha value is -0.400. The van der Waals surface area contributed by atoms with E-state index >= 15 is 0 Å². The third-order valence-corrected chi connectivity index (χ3v) is 4.30. The van der Waals surface area contributed by atoms with Gasteiger partial charge in [0, 0.05) is 23.8 Å². The number of aromatic nitrogens is 1. The summed E-state index contributed by atoms with van der Waals surface area (Å²) in [4.78, 5) is 18.3. The molecule has 0 bridgehead atoms. The van der Waals surface area contributed by atoms with Crippen molar-refractivity contribution in [3.05, 3.63) is 22.8 Å². The number of nitrogens with one attached hydrogen (secondary N) is 2. The number of pyridine rings is 1. The fourth-order valence-corrected chi connectivity index (χ4v) is 3.15. The van der Waals surface area contributed by atoms with Gasteiger partial charge in [-0.1, -0.05) is 0 Å². The quantitative estimate of drug-likeness (QED) is 0.816. The van der Waals surface area contributed by atoms with Crippen molar-refractivity contribution < 1.29 is 4.79 Å². The van der Waals surface area contributed by atoms with Crippen LogP contribution >= 0.6 is 40.7 Å². The molecule has 2 aliphatic rings. The Morgan fingerprint density at radius 3 is 2.57 bits per heavy atom. The summed E-state index contributed by atoms with van der Waals surface area (Å²) in [5, 5.41) is 6.24. The van der Waals surface area contributed by atoms with E-state index in [0.29, 0.717) is 12.4 Å². The van der Waals surface area contributed by atoms with Gasteiger partial charge in [-0.3, -0.25) is 9.69 Å². The lowest BCUT2D eigenvalue weighted by Crippen LogP contribution is -2.33. The highest BCUT2D eigenvalue weighted by Gasteiger charge is 2.36. The molecule has 3 heterocycles. The van der Waals surface area contributed by atoms with Crippen LogP contribution in [-0.4, -0.2) is 48.5 Å². The van der Waals surface area contributed by atoms with Gasteiger partial charge in [-0.25, -0.2) is 4.98 Å². The summed E-state index contributed by atoms with van der Waals surface area (Å²) in [5.41, 5.74) is 0. The van der Waals surface area contributed by atoms with Gasteiger partial charge in [0.25, 0.3) is 0 Å². The zero-order valence-corrected chi connectivity index (χ0v) is 14.6. The maximum absolute atomic E-state index is 12.0. The van der Waals surface area contributed by atoms with Crippen LogP contribution in [-0.2, 0) is 4.79 Å². The molecular weight excluding hydrogens is 379 g/mol. The molecule has 2 atom stereocenters. The zero-order valence-electron chi connectivity index (χ0n) is 11.4. The maximum Gasteiger partial charge on any atom is 0.239 e. The molecule has 1 aromatic rings. The van der Waals surface area contributed by atoms with E-state index in [1.165, 1.54) is 0 Å². The lowest BCUT2D eigenvalue weighted by Gasteiger charge is -2.16. The van der Waals surface area contributed by atoms with Gasteiger partial charge < -0.3 is 10.6 Å². The molecule has 2 fully saturated rings. The minimum Gasteiger partial charge on any atom is -0.316 e. The second-order valence-electron chi connectivity index (χ2n) is 5.28. The van der Waals surface area contributed by atoms with Crippen LogP contribution in [0.4, 0.5) is 5.82 Å². The Morgan fingerprint density at radius 2 is 2.00 bits per heavy atom. The van der Waals surface area contributed by atoms with E-state index in [9.17, 15) is 4.79 Å². The molecule has 118 valence electrons. The summed E-state index contributed by atoms with van der Waals surface area (Å²) in [6, 6.07) is 3.67. The summed E-state index contributed by atoms with van der Waals surface area (Å²) in [6.07, 6.45) is 1.68.